The van der Waals surface area contributed by atoms with Gasteiger partial charge in [-0.05, 0) is 56.8 Å². The molecule has 0 bridgehead atoms. The molecule has 1 aliphatic rings. The predicted molar refractivity (Wildman–Crippen MR) is 102 cm³/mol. The number of hydrogen-bond donors (Lipinski definition) is 0. The number of benzene rings is 1. The minimum atomic E-state index is 0.259. The fraction of sp³-hybridized carbons (Fsp3) is 0.650. The topological polar surface area (TPSA) is 26.8 Å². The van der Waals surface area contributed by atoms with Crippen molar-refractivity contribution in [1.82, 2.24) is 9.80 Å². The van der Waals surface area contributed by atoms with E-state index in [4.69, 9.17) is 0 Å². The van der Waals surface area contributed by atoms with Crippen LogP contribution in [0, 0.1) is 5.92 Å². The average Bonchev–Trinajstić information content (AvgIpc) is 3.01. The summed E-state index contributed by atoms with van der Waals surface area (Å²) in [6.45, 7) is 7.68. The van der Waals surface area contributed by atoms with E-state index in [2.05, 4.69) is 47.9 Å². The fourth-order valence-corrected chi connectivity index (χ4v) is 3.37. The van der Waals surface area contributed by atoms with Gasteiger partial charge in [-0.1, -0.05) is 12.1 Å². The zero-order valence-electron chi connectivity index (χ0n) is 16.0. The minimum Gasteiger partial charge on any atom is -0.378 e. The maximum Gasteiger partial charge on any atom is 0.222 e. The van der Waals surface area contributed by atoms with Gasteiger partial charge in [0.2, 0.25) is 5.91 Å². The highest BCUT2D eigenvalue weighted by atomic mass is 16.2. The summed E-state index contributed by atoms with van der Waals surface area (Å²) in [6.07, 6.45) is 2.62. The van der Waals surface area contributed by atoms with Gasteiger partial charge in [0.05, 0.1) is 0 Å². The van der Waals surface area contributed by atoms with Gasteiger partial charge in [-0.25, -0.2) is 0 Å². The van der Waals surface area contributed by atoms with Crippen LogP contribution in [0.15, 0.2) is 24.3 Å². The van der Waals surface area contributed by atoms with Crippen molar-refractivity contribution in [3.8, 4) is 0 Å². The molecule has 0 aliphatic carbocycles. The highest BCUT2D eigenvalue weighted by molar-refractivity contribution is 5.76. The zero-order valence-corrected chi connectivity index (χ0v) is 16.0. The summed E-state index contributed by atoms with van der Waals surface area (Å²) < 4.78 is 0. The first-order valence-electron chi connectivity index (χ1n) is 9.11. The first-order chi connectivity index (χ1) is 11.4. The van der Waals surface area contributed by atoms with Crippen molar-refractivity contribution in [3.63, 3.8) is 0 Å². The van der Waals surface area contributed by atoms with Gasteiger partial charge in [-0.2, -0.15) is 0 Å². The number of anilines is 1. The molecule has 0 unspecified atom stereocenters. The van der Waals surface area contributed by atoms with Crippen molar-refractivity contribution in [2.75, 3.05) is 45.7 Å². The lowest BCUT2D eigenvalue weighted by Gasteiger charge is -2.23. The first-order valence-corrected chi connectivity index (χ1v) is 9.11. The maximum absolute atomic E-state index is 12.4. The van der Waals surface area contributed by atoms with Crippen LogP contribution in [-0.4, -0.2) is 62.5 Å². The molecule has 1 aliphatic heterocycles. The van der Waals surface area contributed by atoms with Gasteiger partial charge < -0.3 is 14.7 Å². The molecule has 1 amide bonds. The lowest BCUT2D eigenvalue weighted by atomic mass is 10.1. The Morgan fingerprint density at radius 3 is 2.42 bits per heavy atom. The number of aryl methyl sites for hydroxylation is 1. The number of carbonyl (C=O) groups is 1. The minimum absolute atomic E-state index is 0.259. The van der Waals surface area contributed by atoms with E-state index in [1.807, 2.05) is 26.0 Å². The van der Waals surface area contributed by atoms with E-state index < -0.39 is 0 Å². The third-order valence-electron chi connectivity index (χ3n) is 5.09. The number of carbonyl (C=O) groups excluding carboxylic acids is 1. The molecule has 0 spiro atoms. The van der Waals surface area contributed by atoms with E-state index in [0.717, 1.165) is 19.5 Å². The van der Waals surface area contributed by atoms with Gasteiger partial charge in [0, 0.05) is 52.4 Å². The van der Waals surface area contributed by atoms with Crippen LogP contribution in [0.4, 0.5) is 5.69 Å². The standard InChI is InChI=1S/C20H33N3O/c1-16(2)23-13-12-18(15-23)14-22(5)20(24)11-8-17-6-9-19(10-7-17)21(3)4/h6-7,9-10,16,18H,8,11-15H2,1-5H3/t18-/m1/s1. The SMILES string of the molecule is CC(C)N1CC[C@H](CN(C)C(=O)CCc2ccc(N(C)C)cc2)C1. The molecule has 0 aromatic heterocycles. The van der Waals surface area contributed by atoms with E-state index in [0.29, 0.717) is 18.4 Å². The van der Waals surface area contributed by atoms with Gasteiger partial charge in [-0.3, -0.25) is 4.79 Å². The number of amides is 1. The van der Waals surface area contributed by atoms with Crippen molar-refractivity contribution < 1.29 is 4.79 Å². The lowest BCUT2D eigenvalue weighted by Crippen LogP contribution is -2.34. The number of hydrogen-bond acceptors (Lipinski definition) is 3. The summed E-state index contributed by atoms with van der Waals surface area (Å²) in [7, 11) is 6.03. The normalized spacial score (nSPS) is 18.2. The Kier molecular flexibility index (Phi) is 6.67. The van der Waals surface area contributed by atoms with E-state index in [-0.39, 0.29) is 5.91 Å². The molecule has 1 atom stereocenters. The third-order valence-corrected chi connectivity index (χ3v) is 5.09. The largest absolute Gasteiger partial charge is 0.378 e. The molecule has 1 aromatic carbocycles. The van der Waals surface area contributed by atoms with Gasteiger partial charge in [0.15, 0.2) is 0 Å². The van der Waals surface area contributed by atoms with E-state index in [1.165, 1.54) is 24.2 Å². The molecule has 134 valence electrons. The van der Waals surface area contributed by atoms with Crippen LogP contribution in [0.3, 0.4) is 0 Å². The van der Waals surface area contributed by atoms with Gasteiger partial charge in [0.1, 0.15) is 0 Å². The molecule has 0 radical (unpaired) electrons. The van der Waals surface area contributed by atoms with Crippen molar-refractivity contribution in [3.05, 3.63) is 29.8 Å². The van der Waals surface area contributed by atoms with Crippen LogP contribution < -0.4 is 4.90 Å². The van der Waals surface area contributed by atoms with Crippen LogP contribution in [0.5, 0.6) is 0 Å². The quantitative estimate of drug-likeness (QED) is 0.769. The van der Waals surface area contributed by atoms with Crippen LogP contribution in [0.2, 0.25) is 0 Å². The van der Waals surface area contributed by atoms with Crippen molar-refractivity contribution in [2.24, 2.45) is 5.92 Å². The zero-order chi connectivity index (χ0) is 17.7. The van der Waals surface area contributed by atoms with E-state index in [9.17, 15) is 4.79 Å². The Morgan fingerprint density at radius 2 is 1.88 bits per heavy atom. The predicted octanol–water partition coefficient (Wildman–Crippen LogP) is 2.87. The molecule has 1 heterocycles. The van der Waals surface area contributed by atoms with Crippen LogP contribution >= 0.6 is 0 Å². The van der Waals surface area contributed by atoms with Crippen molar-refractivity contribution in [1.29, 1.82) is 0 Å². The van der Waals surface area contributed by atoms with E-state index in [1.54, 1.807) is 0 Å². The Labute approximate surface area is 147 Å². The Bertz CT molecular complexity index is 524. The highest BCUT2D eigenvalue weighted by Gasteiger charge is 2.26. The second kappa shape index (κ2) is 8.52. The average molecular weight is 332 g/mol. The lowest BCUT2D eigenvalue weighted by molar-refractivity contribution is -0.130. The molecule has 1 saturated heterocycles. The molecule has 4 nitrogen and oxygen atoms in total. The summed E-state index contributed by atoms with van der Waals surface area (Å²) in [5, 5.41) is 0. The van der Waals surface area contributed by atoms with E-state index >= 15 is 0 Å². The maximum atomic E-state index is 12.4. The molecule has 0 N–H and O–H groups in total. The molecule has 1 fully saturated rings. The molecular weight excluding hydrogens is 298 g/mol. The molecule has 2 rings (SSSR count). The Balaban J connectivity index is 1.75. The van der Waals surface area contributed by atoms with Crippen molar-refractivity contribution >= 4 is 11.6 Å². The highest BCUT2D eigenvalue weighted by Crippen LogP contribution is 2.20. The van der Waals surface area contributed by atoms with Gasteiger partial charge in [0.25, 0.3) is 0 Å². The second-order valence-corrected chi connectivity index (χ2v) is 7.58. The summed E-state index contributed by atoms with van der Waals surface area (Å²) in [5.41, 5.74) is 2.42. The summed E-state index contributed by atoms with van der Waals surface area (Å²) in [5.74, 6) is 0.885. The monoisotopic (exact) mass is 331 g/mol. The molecular formula is C20H33N3O. The van der Waals surface area contributed by atoms with Gasteiger partial charge in [-0.15, -0.1) is 0 Å². The fourth-order valence-electron chi connectivity index (χ4n) is 3.37. The summed E-state index contributed by atoms with van der Waals surface area (Å²) >= 11 is 0. The number of nitrogens with zero attached hydrogens (tertiary/aromatic N) is 3. The second-order valence-electron chi connectivity index (χ2n) is 7.58. The third kappa shape index (κ3) is 5.23. The Morgan fingerprint density at radius 1 is 1.21 bits per heavy atom. The molecule has 1 aromatic rings. The van der Waals surface area contributed by atoms with Crippen LogP contribution in [0.1, 0.15) is 32.3 Å². The van der Waals surface area contributed by atoms with Crippen LogP contribution in [-0.2, 0) is 11.2 Å². The van der Waals surface area contributed by atoms with Crippen molar-refractivity contribution in [2.45, 2.75) is 39.2 Å². The van der Waals surface area contributed by atoms with Gasteiger partial charge >= 0.3 is 0 Å². The summed E-state index contributed by atoms with van der Waals surface area (Å²) in [4.78, 5) is 18.9. The smallest absolute Gasteiger partial charge is 0.222 e. The number of likely N-dealkylation sites (tertiary alicyclic amines) is 1. The first kappa shape index (κ1) is 18.8. The molecule has 4 heteroatoms. The van der Waals surface area contributed by atoms with Crippen LogP contribution in [0.25, 0.3) is 0 Å². The number of rotatable bonds is 7. The summed E-state index contributed by atoms with van der Waals surface area (Å²) in [6, 6.07) is 9.09. The molecule has 0 saturated carbocycles. The molecule has 24 heavy (non-hydrogen) atoms. The Hall–Kier alpha value is -1.55.